The quantitative estimate of drug-likeness (QED) is 0.726. The number of amides is 1. The highest BCUT2D eigenvalue weighted by molar-refractivity contribution is 5.86. The lowest BCUT2D eigenvalue weighted by atomic mass is 9.81. The number of likely N-dealkylation sites (tertiary alicyclic amines) is 1. The van der Waals surface area contributed by atoms with E-state index in [0.29, 0.717) is 0 Å². The van der Waals surface area contributed by atoms with E-state index >= 15 is 0 Å². The number of carbonyl (C=O) groups excluding carboxylic acids is 1. The van der Waals surface area contributed by atoms with Crippen molar-refractivity contribution in [2.24, 2.45) is 5.73 Å². The van der Waals surface area contributed by atoms with Gasteiger partial charge in [-0.25, -0.2) is 0 Å². The van der Waals surface area contributed by atoms with Crippen molar-refractivity contribution in [3.8, 4) is 0 Å². The summed E-state index contributed by atoms with van der Waals surface area (Å²) in [5.74, 6) is 0.0729. The largest absolute Gasteiger partial charge is 0.394 e. The van der Waals surface area contributed by atoms with Crippen LogP contribution in [0.3, 0.4) is 0 Å². The van der Waals surface area contributed by atoms with Crippen LogP contribution in [0.5, 0.6) is 0 Å². The molecule has 1 atom stereocenters. The molecule has 0 aromatic heterocycles. The number of rotatable bonds is 2. The van der Waals surface area contributed by atoms with Gasteiger partial charge in [0.2, 0.25) is 5.91 Å². The Morgan fingerprint density at radius 1 is 1.31 bits per heavy atom. The van der Waals surface area contributed by atoms with Gasteiger partial charge in [-0.3, -0.25) is 4.79 Å². The van der Waals surface area contributed by atoms with Crippen molar-refractivity contribution in [3.05, 3.63) is 0 Å². The van der Waals surface area contributed by atoms with Crippen LogP contribution < -0.4 is 5.73 Å². The lowest BCUT2D eigenvalue weighted by Gasteiger charge is -2.37. The summed E-state index contributed by atoms with van der Waals surface area (Å²) >= 11 is 0. The minimum atomic E-state index is -0.643. The summed E-state index contributed by atoms with van der Waals surface area (Å²) in [5, 5.41) is 9.23. The maximum absolute atomic E-state index is 12.4. The fourth-order valence-electron chi connectivity index (χ4n) is 2.98. The summed E-state index contributed by atoms with van der Waals surface area (Å²) in [6, 6.07) is 0.00912. The molecule has 0 spiro atoms. The number of hydrogen-bond acceptors (Lipinski definition) is 3. The van der Waals surface area contributed by atoms with Crippen molar-refractivity contribution < 1.29 is 9.90 Å². The Hall–Kier alpha value is -0.610. The number of nitrogens with two attached hydrogens (primary N) is 1. The molecule has 2 aliphatic rings. The van der Waals surface area contributed by atoms with Crippen LogP contribution in [0, 0.1) is 0 Å². The molecule has 0 radical (unpaired) electrons. The number of nitrogens with zero attached hydrogens (tertiary/aromatic N) is 1. The molecule has 16 heavy (non-hydrogen) atoms. The van der Waals surface area contributed by atoms with Crippen molar-refractivity contribution in [3.63, 3.8) is 0 Å². The van der Waals surface area contributed by atoms with Gasteiger partial charge < -0.3 is 15.7 Å². The third-order valence-electron chi connectivity index (χ3n) is 4.02. The van der Waals surface area contributed by atoms with E-state index in [9.17, 15) is 9.90 Å². The van der Waals surface area contributed by atoms with Crippen LogP contribution in [0.4, 0.5) is 0 Å². The molecule has 92 valence electrons. The molecule has 1 saturated carbocycles. The zero-order valence-corrected chi connectivity index (χ0v) is 9.82. The monoisotopic (exact) mass is 226 g/mol. The zero-order valence-electron chi connectivity index (χ0n) is 9.82. The highest BCUT2D eigenvalue weighted by Crippen LogP contribution is 2.30. The first-order valence-corrected chi connectivity index (χ1v) is 6.38. The first-order chi connectivity index (χ1) is 7.67. The Balaban J connectivity index is 2.05. The van der Waals surface area contributed by atoms with Gasteiger partial charge in [0.25, 0.3) is 0 Å². The third kappa shape index (κ3) is 2.09. The average molecular weight is 226 g/mol. The maximum Gasteiger partial charge on any atom is 0.242 e. The summed E-state index contributed by atoms with van der Waals surface area (Å²) in [5.41, 5.74) is 5.58. The van der Waals surface area contributed by atoms with Crippen molar-refractivity contribution in [1.82, 2.24) is 4.90 Å². The van der Waals surface area contributed by atoms with Gasteiger partial charge in [0.1, 0.15) is 0 Å². The normalized spacial score (nSPS) is 29.4. The molecule has 1 aliphatic heterocycles. The molecule has 1 saturated heterocycles. The number of carbonyl (C=O) groups is 1. The van der Waals surface area contributed by atoms with Crippen molar-refractivity contribution in [2.45, 2.75) is 56.5 Å². The van der Waals surface area contributed by atoms with Crippen LogP contribution in [-0.2, 0) is 4.79 Å². The predicted octanol–water partition coefficient (Wildman–Crippen LogP) is 0.631. The second kappa shape index (κ2) is 4.72. The molecule has 0 bridgehead atoms. The average Bonchev–Trinajstić information content (AvgIpc) is 2.77. The van der Waals surface area contributed by atoms with Gasteiger partial charge >= 0.3 is 0 Å². The minimum Gasteiger partial charge on any atom is -0.394 e. The van der Waals surface area contributed by atoms with Gasteiger partial charge in [0.15, 0.2) is 0 Å². The highest BCUT2D eigenvalue weighted by atomic mass is 16.3. The van der Waals surface area contributed by atoms with Crippen LogP contribution in [0.25, 0.3) is 0 Å². The second-order valence-corrected chi connectivity index (χ2v) is 5.19. The molecule has 3 N–H and O–H groups in total. The van der Waals surface area contributed by atoms with Crippen LogP contribution in [0.1, 0.15) is 44.9 Å². The number of hydrogen-bond donors (Lipinski definition) is 2. The summed E-state index contributed by atoms with van der Waals surface area (Å²) < 4.78 is 0. The molecule has 2 rings (SSSR count). The molecular formula is C12H22N2O2. The van der Waals surface area contributed by atoms with Gasteiger partial charge in [0, 0.05) is 6.54 Å². The van der Waals surface area contributed by atoms with E-state index in [1.54, 1.807) is 0 Å². The summed E-state index contributed by atoms with van der Waals surface area (Å²) in [6.07, 6.45) is 6.82. The maximum atomic E-state index is 12.4. The molecule has 4 heteroatoms. The molecule has 0 aromatic rings. The van der Waals surface area contributed by atoms with Gasteiger partial charge in [0.05, 0.1) is 18.2 Å². The first kappa shape index (κ1) is 11.9. The van der Waals surface area contributed by atoms with E-state index in [2.05, 4.69) is 0 Å². The Labute approximate surface area is 96.8 Å². The molecule has 1 aliphatic carbocycles. The lowest BCUT2D eigenvalue weighted by Crippen LogP contribution is -2.57. The molecule has 1 amide bonds. The van der Waals surface area contributed by atoms with E-state index < -0.39 is 5.54 Å². The van der Waals surface area contributed by atoms with Crippen molar-refractivity contribution in [2.75, 3.05) is 13.2 Å². The van der Waals surface area contributed by atoms with E-state index in [1.165, 1.54) is 6.42 Å². The van der Waals surface area contributed by atoms with E-state index in [4.69, 9.17) is 5.73 Å². The molecular weight excluding hydrogens is 204 g/mol. The van der Waals surface area contributed by atoms with Gasteiger partial charge in [-0.2, -0.15) is 0 Å². The topological polar surface area (TPSA) is 66.6 Å². The second-order valence-electron chi connectivity index (χ2n) is 5.19. The fourth-order valence-corrected chi connectivity index (χ4v) is 2.98. The van der Waals surface area contributed by atoms with Crippen LogP contribution >= 0.6 is 0 Å². The SMILES string of the molecule is NC1(C(=O)N2CCC[C@H]2CO)CCCCC1. The first-order valence-electron chi connectivity index (χ1n) is 6.38. The highest BCUT2D eigenvalue weighted by Gasteiger charge is 2.41. The van der Waals surface area contributed by atoms with Crippen molar-refractivity contribution in [1.29, 1.82) is 0 Å². The Bertz CT molecular complexity index is 262. The molecule has 1 heterocycles. The molecule has 2 fully saturated rings. The van der Waals surface area contributed by atoms with E-state index in [-0.39, 0.29) is 18.6 Å². The molecule has 0 unspecified atom stereocenters. The standard InChI is InChI=1S/C12H22N2O2/c13-12(6-2-1-3-7-12)11(16)14-8-4-5-10(14)9-15/h10,15H,1-9,13H2/t10-/m0/s1. The smallest absolute Gasteiger partial charge is 0.242 e. The summed E-state index contributed by atoms with van der Waals surface area (Å²) in [4.78, 5) is 14.2. The zero-order chi connectivity index (χ0) is 11.6. The van der Waals surface area contributed by atoms with Crippen molar-refractivity contribution >= 4 is 5.91 Å². The Morgan fingerprint density at radius 2 is 2.00 bits per heavy atom. The Kier molecular flexibility index (Phi) is 3.50. The minimum absolute atomic E-state index is 0.00912. The van der Waals surface area contributed by atoms with Gasteiger partial charge in [-0.1, -0.05) is 19.3 Å². The van der Waals surface area contributed by atoms with Crippen LogP contribution in [0.15, 0.2) is 0 Å². The predicted molar refractivity (Wildman–Crippen MR) is 61.8 cm³/mol. The number of aliphatic hydroxyl groups is 1. The fraction of sp³-hybridized carbons (Fsp3) is 0.917. The van der Waals surface area contributed by atoms with Gasteiger partial charge in [-0.15, -0.1) is 0 Å². The van der Waals surface area contributed by atoms with Gasteiger partial charge in [-0.05, 0) is 25.7 Å². The van der Waals surface area contributed by atoms with Crippen LogP contribution in [0.2, 0.25) is 0 Å². The van der Waals surface area contributed by atoms with E-state index in [1.807, 2.05) is 4.90 Å². The summed E-state index contributed by atoms with van der Waals surface area (Å²) in [7, 11) is 0. The Morgan fingerprint density at radius 3 is 2.62 bits per heavy atom. The number of aliphatic hydroxyl groups excluding tert-OH is 1. The van der Waals surface area contributed by atoms with Crippen LogP contribution in [-0.4, -0.2) is 40.6 Å². The lowest BCUT2D eigenvalue weighted by molar-refractivity contribution is -0.139. The molecule has 0 aromatic carbocycles. The third-order valence-corrected chi connectivity index (χ3v) is 4.02. The van der Waals surface area contributed by atoms with E-state index in [0.717, 1.165) is 45.1 Å². The molecule has 4 nitrogen and oxygen atoms in total. The summed E-state index contributed by atoms with van der Waals surface area (Å²) in [6.45, 7) is 0.838.